The van der Waals surface area contributed by atoms with E-state index in [0.29, 0.717) is 5.96 Å². The molecule has 0 aliphatic heterocycles. The number of nitrogens with zero attached hydrogens (tertiary/aromatic N) is 3. The Morgan fingerprint density at radius 1 is 1.61 bits per heavy atom. The first kappa shape index (κ1) is 14.7. The normalized spacial score (nSPS) is 11.1. The summed E-state index contributed by atoms with van der Waals surface area (Å²) in [6, 6.07) is 0. The van der Waals surface area contributed by atoms with Crippen LogP contribution < -0.4 is 10.6 Å². The highest BCUT2D eigenvalue weighted by molar-refractivity contribution is 8.76. The van der Waals surface area contributed by atoms with Gasteiger partial charge < -0.3 is 10.3 Å². The summed E-state index contributed by atoms with van der Waals surface area (Å²) in [6.07, 6.45) is 3.55. The lowest BCUT2D eigenvalue weighted by Crippen LogP contribution is -2.35. The molecule has 0 aliphatic rings. The monoisotopic (exact) mass is 284 g/mol. The maximum Gasteiger partial charge on any atom is 0.204 e. The molecule has 0 saturated carbocycles. The Morgan fingerprint density at radius 3 is 3.06 bits per heavy atom. The van der Waals surface area contributed by atoms with E-state index >= 15 is 0 Å². The van der Waals surface area contributed by atoms with E-state index in [2.05, 4.69) is 25.6 Å². The fraction of sp³-hybridized carbons (Fsp3) is 0.500. The molecule has 0 atom stereocenters. The predicted molar refractivity (Wildman–Crippen MR) is 77.2 cm³/mol. The molecule has 8 heteroatoms. The molecule has 0 unspecified atom stereocenters. The van der Waals surface area contributed by atoms with Crippen LogP contribution in [0.3, 0.4) is 0 Å². The van der Waals surface area contributed by atoms with Gasteiger partial charge in [-0.15, -0.1) is 0 Å². The molecular formula is C10H16N6S2. The van der Waals surface area contributed by atoms with E-state index in [1.165, 1.54) is 0 Å². The summed E-state index contributed by atoms with van der Waals surface area (Å²) < 4.78 is 0. The van der Waals surface area contributed by atoms with Crippen molar-refractivity contribution in [1.82, 2.24) is 20.6 Å². The number of nitrogens with one attached hydrogen (secondary N) is 3. The maximum absolute atomic E-state index is 8.44. The average Bonchev–Trinajstić information content (AvgIpc) is 2.78. The van der Waals surface area contributed by atoms with Gasteiger partial charge in [-0.2, -0.15) is 5.26 Å². The third-order valence-electron chi connectivity index (χ3n) is 2.09. The molecule has 6 nitrogen and oxygen atoms in total. The molecule has 1 rings (SSSR count). The van der Waals surface area contributed by atoms with Gasteiger partial charge >= 0.3 is 0 Å². The highest BCUT2D eigenvalue weighted by atomic mass is 33.1. The Balaban J connectivity index is 2.06. The lowest BCUT2D eigenvalue weighted by molar-refractivity contribution is 0.933. The quantitative estimate of drug-likeness (QED) is 0.182. The van der Waals surface area contributed by atoms with Crippen molar-refractivity contribution in [3.63, 3.8) is 0 Å². The third-order valence-corrected chi connectivity index (χ3v) is 4.37. The summed E-state index contributed by atoms with van der Waals surface area (Å²) in [5.74, 6) is 2.33. The molecule has 1 aromatic rings. The number of hydrogen-bond acceptors (Lipinski definition) is 5. The fourth-order valence-electron chi connectivity index (χ4n) is 1.13. The van der Waals surface area contributed by atoms with E-state index < -0.39 is 0 Å². The van der Waals surface area contributed by atoms with E-state index in [9.17, 15) is 0 Å². The van der Waals surface area contributed by atoms with E-state index in [4.69, 9.17) is 5.26 Å². The Morgan fingerprint density at radius 2 is 2.44 bits per heavy atom. The van der Waals surface area contributed by atoms with Gasteiger partial charge in [-0.1, -0.05) is 21.6 Å². The molecule has 98 valence electrons. The van der Waals surface area contributed by atoms with Crippen LogP contribution in [0.2, 0.25) is 0 Å². The fourth-order valence-corrected chi connectivity index (χ4v) is 3.11. The molecule has 0 aromatic carbocycles. The molecule has 3 N–H and O–H groups in total. The van der Waals surface area contributed by atoms with Gasteiger partial charge in [0.2, 0.25) is 5.96 Å². The van der Waals surface area contributed by atoms with Crippen molar-refractivity contribution in [2.75, 3.05) is 19.3 Å². The molecule has 0 spiro atoms. The van der Waals surface area contributed by atoms with Crippen molar-refractivity contribution in [2.45, 2.75) is 12.7 Å². The van der Waals surface area contributed by atoms with Gasteiger partial charge in [-0.25, -0.2) is 4.98 Å². The predicted octanol–water partition coefficient (Wildman–Crippen LogP) is 1.25. The number of nitriles is 1. The van der Waals surface area contributed by atoms with Gasteiger partial charge in [0, 0.05) is 30.8 Å². The number of guanidine groups is 1. The van der Waals surface area contributed by atoms with E-state index in [1.54, 1.807) is 35.0 Å². The number of rotatable bonds is 6. The summed E-state index contributed by atoms with van der Waals surface area (Å²) in [4.78, 5) is 11.2. The summed E-state index contributed by atoms with van der Waals surface area (Å²) in [6.45, 7) is 2.78. The largest absolute Gasteiger partial charge is 0.355 e. The number of imidazole rings is 1. The first-order valence-corrected chi connectivity index (χ1v) is 7.85. The Labute approximate surface area is 114 Å². The zero-order valence-electron chi connectivity index (χ0n) is 10.4. The van der Waals surface area contributed by atoms with Gasteiger partial charge in [0.1, 0.15) is 0 Å². The van der Waals surface area contributed by atoms with Gasteiger partial charge in [-0.3, -0.25) is 10.3 Å². The van der Waals surface area contributed by atoms with Gasteiger partial charge in [-0.05, 0) is 6.92 Å². The van der Waals surface area contributed by atoms with Crippen LogP contribution in [0.5, 0.6) is 0 Å². The van der Waals surface area contributed by atoms with Gasteiger partial charge in [0.15, 0.2) is 6.19 Å². The SMILES string of the molecule is CN=C(NC#N)NCCSSCc1nc[nH]c1C. The molecule has 0 saturated heterocycles. The van der Waals surface area contributed by atoms with Gasteiger partial charge in [0.05, 0.1) is 12.0 Å². The van der Waals surface area contributed by atoms with Gasteiger partial charge in [0.25, 0.3) is 0 Å². The van der Waals surface area contributed by atoms with Crippen molar-refractivity contribution in [2.24, 2.45) is 4.99 Å². The maximum atomic E-state index is 8.44. The zero-order chi connectivity index (χ0) is 13.2. The Bertz CT molecular complexity index is 422. The highest BCUT2D eigenvalue weighted by Crippen LogP contribution is 2.25. The topological polar surface area (TPSA) is 88.9 Å². The molecule has 0 amide bonds. The van der Waals surface area contributed by atoms with E-state index in [0.717, 1.165) is 29.4 Å². The van der Waals surface area contributed by atoms with Crippen LogP contribution in [0, 0.1) is 18.4 Å². The molecule has 1 heterocycles. The second-order valence-electron chi connectivity index (χ2n) is 3.29. The van der Waals surface area contributed by atoms with Crippen LogP contribution in [0.15, 0.2) is 11.3 Å². The van der Waals surface area contributed by atoms with Crippen molar-refractivity contribution in [1.29, 1.82) is 5.26 Å². The lowest BCUT2D eigenvalue weighted by atomic mass is 10.4. The number of aliphatic imine (C=N–C) groups is 1. The molecule has 0 fully saturated rings. The van der Waals surface area contributed by atoms with Crippen LogP contribution in [0.4, 0.5) is 0 Å². The van der Waals surface area contributed by atoms with Crippen molar-refractivity contribution in [3.8, 4) is 6.19 Å². The Kier molecular flexibility index (Phi) is 7.13. The summed E-state index contributed by atoms with van der Waals surface area (Å²) in [5, 5.41) is 13.9. The second kappa shape index (κ2) is 8.72. The number of H-pyrrole nitrogens is 1. The van der Waals surface area contributed by atoms with Crippen molar-refractivity contribution < 1.29 is 0 Å². The van der Waals surface area contributed by atoms with Crippen LogP contribution >= 0.6 is 21.6 Å². The van der Waals surface area contributed by atoms with Crippen LogP contribution in [-0.2, 0) is 5.75 Å². The number of aromatic amines is 1. The third kappa shape index (κ3) is 5.33. The second-order valence-corrected chi connectivity index (χ2v) is 5.88. The minimum absolute atomic E-state index is 0.506. The first-order valence-electron chi connectivity index (χ1n) is 5.37. The minimum atomic E-state index is 0.506. The highest BCUT2D eigenvalue weighted by Gasteiger charge is 2.01. The molecule has 1 aromatic heterocycles. The standard InChI is InChI=1S/C10H16N6S2/c1-8-9(16-7-15-8)5-18-17-4-3-13-10(12-2)14-6-11/h7H,3-5H2,1-2H3,(H,15,16)(H2,12,13,14). The number of aryl methyl sites for hydroxylation is 1. The number of hydrogen-bond donors (Lipinski definition) is 3. The van der Waals surface area contributed by atoms with Crippen LogP contribution in [0.25, 0.3) is 0 Å². The molecular weight excluding hydrogens is 268 g/mol. The van der Waals surface area contributed by atoms with E-state index in [-0.39, 0.29) is 0 Å². The number of aromatic nitrogens is 2. The zero-order valence-corrected chi connectivity index (χ0v) is 12.0. The lowest BCUT2D eigenvalue weighted by Gasteiger charge is -2.06. The molecule has 0 bridgehead atoms. The molecule has 18 heavy (non-hydrogen) atoms. The first-order chi connectivity index (χ1) is 8.77. The summed E-state index contributed by atoms with van der Waals surface area (Å²) in [7, 11) is 5.17. The van der Waals surface area contributed by atoms with Crippen molar-refractivity contribution in [3.05, 3.63) is 17.7 Å². The Hall–Kier alpha value is -1.33. The average molecular weight is 284 g/mol. The van der Waals surface area contributed by atoms with E-state index in [1.807, 2.05) is 13.1 Å². The minimum Gasteiger partial charge on any atom is -0.355 e. The van der Waals surface area contributed by atoms with Crippen LogP contribution in [-0.4, -0.2) is 35.3 Å². The van der Waals surface area contributed by atoms with Crippen molar-refractivity contribution >= 4 is 27.5 Å². The summed E-state index contributed by atoms with van der Waals surface area (Å²) >= 11 is 0. The smallest absolute Gasteiger partial charge is 0.204 e. The molecule has 0 radical (unpaired) electrons. The summed E-state index contributed by atoms with van der Waals surface area (Å²) in [5.41, 5.74) is 2.22. The van der Waals surface area contributed by atoms with Crippen LogP contribution in [0.1, 0.15) is 11.4 Å². The molecule has 0 aliphatic carbocycles.